The normalized spacial score (nSPS) is 25.4. The highest BCUT2D eigenvalue weighted by Gasteiger charge is 2.34. The Morgan fingerprint density at radius 3 is 3.09 bits per heavy atom. The second-order valence-corrected chi connectivity index (χ2v) is 6.42. The van der Waals surface area contributed by atoms with Gasteiger partial charge in [-0.1, -0.05) is 23.7 Å². The average Bonchev–Trinajstić information content (AvgIpc) is 3.14. The molecule has 116 valence electrons. The third kappa shape index (κ3) is 2.33. The smallest absolute Gasteiger partial charge is 0.163 e. The molecule has 0 spiro atoms. The number of hydrogen-bond acceptors (Lipinski definition) is 4. The fourth-order valence-corrected chi connectivity index (χ4v) is 3.94. The molecule has 22 heavy (non-hydrogen) atoms. The van der Waals surface area contributed by atoms with Crippen molar-refractivity contribution in [2.75, 3.05) is 19.7 Å². The Hall–Kier alpha value is -1.43. The second kappa shape index (κ2) is 5.65. The van der Waals surface area contributed by atoms with Crippen molar-refractivity contribution < 1.29 is 4.74 Å². The van der Waals surface area contributed by atoms with Gasteiger partial charge >= 0.3 is 0 Å². The first-order valence-electron chi connectivity index (χ1n) is 7.71. The second-order valence-electron chi connectivity index (χ2n) is 6.02. The van der Waals surface area contributed by atoms with Gasteiger partial charge in [0, 0.05) is 31.2 Å². The highest BCUT2D eigenvalue weighted by molar-refractivity contribution is 6.31. The van der Waals surface area contributed by atoms with Gasteiger partial charge in [0.25, 0.3) is 0 Å². The van der Waals surface area contributed by atoms with E-state index >= 15 is 0 Å². The first kappa shape index (κ1) is 14.2. The van der Waals surface area contributed by atoms with Crippen molar-refractivity contribution in [3.05, 3.63) is 46.5 Å². The lowest BCUT2D eigenvalue weighted by molar-refractivity contribution is -0.0505. The Morgan fingerprint density at radius 2 is 2.27 bits per heavy atom. The van der Waals surface area contributed by atoms with E-state index in [-0.39, 0.29) is 6.10 Å². The third-order valence-corrected chi connectivity index (χ3v) is 5.11. The van der Waals surface area contributed by atoms with Gasteiger partial charge in [-0.2, -0.15) is 0 Å². The molecular formula is C16H19ClN4O. The number of aryl methyl sites for hydroxylation is 1. The molecule has 2 aliphatic rings. The molecule has 0 radical (unpaired) electrons. The molecule has 6 heteroatoms. The summed E-state index contributed by atoms with van der Waals surface area (Å²) in [5.41, 5.74) is 2.70. The molecule has 1 aromatic carbocycles. The number of benzene rings is 1. The summed E-state index contributed by atoms with van der Waals surface area (Å²) in [7, 11) is 1.96. The lowest BCUT2D eigenvalue weighted by Gasteiger charge is -2.36. The van der Waals surface area contributed by atoms with Crippen LogP contribution in [0.15, 0.2) is 24.5 Å². The Balaban J connectivity index is 1.57. The molecule has 5 nitrogen and oxygen atoms in total. The topological polar surface area (TPSA) is 43.2 Å². The van der Waals surface area contributed by atoms with Crippen LogP contribution in [0.25, 0.3) is 0 Å². The van der Waals surface area contributed by atoms with E-state index in [1.54, 1.807) is 6.33 Å². The SMILES string of the molecule is Cn1cnnc1[C@H]1CN([C@@H]2CCc3c(Cl)cccc32)CCO1. The predicted molar refractivity (Wildman–Crippen MR) is 83.8 cm³/mol. The molecule has 0 bridgehead atoms. The summed E-state index contributed by atoms with van der Waals surface area (Å²) in [6, 6.07) is 6.70. The highest BCUT2D eigenvalue weighted by atomic mass is 35.5. The monoisotopic (exact) mass is 318 g/mol. The number of nitrogens with zero attached hydrogens (tertiary/aromatic N) is 4. The molecule has 1 aromatic heterocycles. The van der Waals surface area contributed by atoms with Crippen LogP contribution in [0.2, 0.25) is 5.02 Å². The van der Waals surface area contributed by atoms with Gasteiger partial charge in [0.15, 0.2) is 5.82 Å². The van der Waals surface area contributed by atoms with E-state index in [0.717, 1.165) is 43.4 Å². The van der Waals surface area contributed by atoms with E-state index in [4.69, 9.17) is 16.3 Å². The Kier molecular flexibility index (Phi) is 3.64. The van der Waals surface area contributed by atoms with Crippen LogP contribution in [0.4, 0.5) is 0 Å². The van der Waals surface area contributed by atoms with Crippen molar-refractivity contribution in [2.45, 2.75) is 25.0 Å². The summed E-state index contributed by atoms with van der Waals surface area (Å²) in [5, 5.41) is 9.06. The molecule has 1 fully saturated rings. The van der Waals surface area contributed by atoms with Crippen molar-refractivity contribution in [3.8, 4) is 0 Å². The van der Waals surface area contributed by atoms with Crippen LogP contribution in [0.1, 0.15) is 35.5 Å². The summed E-state index contributed by atoms with van der Waals surface area (Å²) in [6.07, 6.45) is 3.91. The molecule has 1 aliphatic heterocycles. The number of rotatable bonds is 2. The summed E-state index contributed by atoms with van der Waals surface area (Å²) in [5.74, 6) is 0.897. The largest absolute Gasteiger partial charge is 0.368 e. The standard InChI is InChI=1S/C16H19ClN4O/c1-20-10-18-19-16(20)15-9-21(7-8-22-15)14-6-5-11-12(14)3-2-4-13(11)17/h2-4,10,14-15H,5-9H2,1H3/t14-,15-/m1/s1. The Labute approximate surface area is 134 Å². The van der Waals surface area contributed by atoms with Gasteiger partial charge in [-0.3, -0.25) is 4.90 Å². The maximum atomic E-state index is 6.34. The summed E-state index contributed by atoms with van der Waals surface area (Å²) >= 11 is 6.34. The van der Waals surface area contributed by atoms with Crippen molar-refractivity contribution in [1.82, 2.24) is 19.7 Å². The Bertz CT molecular complexity index is 687. The number of hydrogen-bond donors (Lipinski definition) is 0. The number of aromatic nitrogens is 3. The van der Waals surface area contributed by atoms with Crippen LogP contribution in [0, 0.1) is 0 Å². The van der Waals surface area contributed by atoms with Crippen molar-refractivity contribution in [2.24, 2.45) is 7.05 Å². The van der Waals surface area contributed by atoms with Crippen LogP contribution in [0.5, 0.6) is 0 Å². The number of morpholine rings is 1. The van der Waals surface area contributed by atoms with Crippen molar-refractivity contribution >= 4 is 11.6 Å². The molecule has 2 atom stereocenters. The number of halogens is 1. The highest BCUT2D eigenvalue weighted by Crippen LogP contribution is 2.40. The summed E-state index contributed by atoms with van der Waals surface area (Å²) in [6.45, 7) is 2.53. The minimum Gasteiger partial charge on any atom is -0.368 e. The fraction of sp³-hybridized carbons (Fsp3) is 0.500. The van der Waals surface area contributed by atoms with Crippen LogP contribution in [0.3, 0.4) is 0 Å². The summed E-state index contributed by atoms with van der Waals surface area (Å²) < 4.78 is 7.85. The van der Waals surface area contributed by atoms with E-state index in [1.807, 2.05) is 17.7 Å². The first-order valence-corrected chi connectivity index (χ1v) is 8.08. The van der Waals surface area contributed by atoms with Crippen molar-refractivity contribution in [1.29, 1.82) is 0 Å². The molecule has 4 rings (SSSR count). The zero-order valence-corrected chi connectivity index (χ0v) is 13.3. The minimum atomic E-state index is -0.00974. The van der Waals surface area contributed by atoms with Crippen LogP contribution < -0.4 is 0 Å². The molecule has 0 amide bonds. The molecule has 1 aliphatic carbocycles. The minimum absolute atomic E-state index is 0.00974. The molecule has 0 N–H and O–H groups in total. The summed E-state index contributed by atoms with van der Waals surface area (Å²) in [4.78, 5) is 2.50. The van der Waals surface area contributed by atoms with Crippen molar-refractivity contribution in [3.63, 3.8) is 0 Å². The number of fused-ring (bicyclic) bond motifs is 1. The quantitative estimate of drug-likeness (QED) is 0.853. The van der Waals surface area contributed by atoms with Crippen LogP contribution in [-0.4, -0.2) is 39.4 Å². The van der Waals surface area contributed by atoms with E-state index < -0.39 is 0 Å². The van der Waals surface area contributed by atoms with Gasteiger partial charge in [-0.25, -0.2) is 0 Å². The van der Waals surface area contributed by atoms with Gasteiger partial charge in [0.1, 0.15) is 12.4 Å². The molecule has 2 heterocycles. The van der Waals surface area contributed by atoms with Gasteiger partial charge in [-0.15, -0.1) is 10.2 Å². The van der Waals surface area contributed by atoms with E-state index in [1.165, 1.54) is 11.1 Å². The average molecular weight is 319 g/mol. The fourth-order valence-electron chi connectivity index (χ4n) is 3.66. The van der Waals surface area contributed by atoms with Crippen LogP contribution >= 0.6 is 11.6 Å². The maximum Gasteiger partial charge on any atom is 0.163 e. The Morgan fingerprint density at radius 1 is 1.36 bits per heavy atom. The molecular weight excluding hydrogens is 300 g/mol. The van der Waals surface area contributed by atoms with Gasteiger partial charge in [0.2, 0.25) is 0 Å². The predicted octanol–water partition coefficient (Wildman–Crippen LogP) is 2.53. The third-order valence-electron chi connectivity index (χ3n) is 4.75. The lowest BCUT2D eigenvalue weighted by atomic mass is 10.1. The van der Waals surface area contributed by atoms with Gasteiger partial charge in [0.05, 0.1) is 6.61 Å². The first-order chi connectivity index (χ1) is 10.7. The zero-order chi connectivity index (χ0) is 15.1. The van der Waals surface area contributed by atoms with E-state index in [2.05, 4.69) is 27.2 Å². The molecule has 1 saturated heterocycles. The van der Waals surface area contributed by atoms with E-state index in [0.29, 0.717) is 6.04 Å². The zero-order valence-electron chi connectivity index (χ0n) is 12.6. The maximum absolute atomic E-state index is 6.34. The van der Waals surface area contributed by atoms with Gasteiger partial charge < -0.3 is 9.30 Å². The number of ether oxygens (including phenoxy) is 1. The van der Waals surface area contributed by atoms with E-state index in [9.17, 15) is 0 Å². The van der Waals surface area contributed by atoms with Gasteiger partial charge in [-0.05, 0) is 30.0 Å². The molecule has 0 saturated carbocycles. The molecule has 0 unspecified atom stereocenters. The van der Waals surface area contributed by atoms with Crippen LogP contribution in [-0.2, 0) is 18.2 Å². The lowest BCUT2D eigenvalue weighted by Crippen LogP contribution is -2.40. The molecule has 2 aromatic rings.